The van der Waals surface area contributed by atoms with Crippen molar-refractivity contribution in [3.8, 4) is 0 Å². The Morgan fingerprint density at radius 3 is 3.00 bits per heavy atom. The molecule has 6 heteroatoms. The van der Waals surface area contributed by atoms with Gasteiger partial charge in [0.1, 0.15) is 5.82 Å². The molecule has 1 aromatic heterocycles. The molecule has 2 N–H and O–H groups in total. The molecule has 0 spiro atoms. The van der Waals surface area contributed by atoms with E-state index < -0.39 is 0 Å². The third-order valence-corrected chi connectivity index (χ3v) is 4.83. The number of nitrogens with zero attached hydrogens (tertiary/aromatic N) is 3. The van der Waals surface area contributed by atoms with Gasteiger partial charge in [0.2, 0.25) is 0 Å². The fourth-order valence-corrected chi connectivity index (χ4v) is 3.51. The van der Waals surface area contributed by atoms with Crippen molar-refractivity contribution < 1.29 is 4.74 Å². The van der Waals surface area contributed by atoms with Gasteiger partial charge < -0.3 is 20.3 Å². The van der Waals surface area contributed by atoms with Crippen molar-refractivity contribution in [1.82, 2.24) is 15.6 Å². The Morgan fingerprint density at radius 1 is 1.40 bits per heavy atom. The molecule has 1 aliphatic heterocycles. The number of ether oxygens (including phenoxy) is 1. The van der Waals surface area contributed by atoms with Crippen molar-refractivity contribution in [1.29, 1.82) is 0 Å². The zero-order valence-corrected chi connectivity index (χ0v) is 15.5. The lowest BCUT2D eigenvalue weighted by molar-refractivity contribution is 0.0529. The highest BCUT2D eigenvalue weighted by molar-refractivity contribution is 5.80. The second-order valence-electron chi connectivity index (χ2n) is 6.97. The molecule has 2 aliphatic rings. The number of rotatable bonds is 5. The molecule has 6 nitrogen and oxygen atoms in total. The van der Waals surface area contributed by atoms with Gasteiger partial charge in [-0.05, 0) is 44.4 Å². The SMILES string of the molecule is CCNC(=NCc1ccnc(N2CCOC(C)C2)c1)NC1CCCC1. The summed E-state index contributed by atoms with van der Waals surface area (Å²) >= 11 is 0. The van der Waals surface area contributed by atoms with Crippen molar-refractivity contribution in [2.75, 3.05) is 31.1 Å². The number of aliphatic imine (C=N–C) groups is 1. The summed E-state index contributed by atoms with van der Waals surface area (Å²) in [5, 5.41) is 6.93. The van der Waals surface area contributed by atoms with Gasteiger partial charge in [-0.25, -0.2) is 9.98 Å². The molecular formula is C19H31N5O. The number of anilines is 1. The Labute approximate surface area is 151 Å². The fourth-order valence-electron chi connectivity index (χ4n) is 3.51. The molecule has 0 aromatic carbocycles. The summed E-state index contributed by atoms with van der Waals surface area (Å²) in [5.74, 6) is 1.95. The van der Waals surface area contributed by atoms with Crippen LogP contribution in [-0.2, 0) is 11.3 Å². The van der Waals surface area contributed by atoms with Gasteiger partial charge in [-0.2, -0.15) is 0 Å². The first-order valence-corrected chi connectivity index (χ1v) is 9.61. The molecule has 138 valence electrons. The zero-order valence-electron chi connectivity index (χ0n) is 15.5. The number of guanidine groups is 1. The van der Waals surface area contributed by atoms with Crippen LogP contribution in [0.5, 0.6) is 0 Å². The van der Waals surface area contributed by atoms with E-state index in [1.165, 1.54) is 31.2 Å². The highest BCUT2D eigenvalue weighted by Crippen LogP contribution is 2.18. The van der Waals surface area contributed by atoms with Gasteiger partial charge in [0.05, 0.1) is 19.3 Å². The lowest BCUT2D eigenvalue weighted by Gasteiger charge is -2.32. The molecule has 1 saturated heterocycles. The molecule has 1 aliphatic carbocycles. The molecule has 1 aromatic rings. The topological polar surface area (TPSA) is 61.8 Å². The fraction of sp³-hybridized carbons (Fsp3) is 0.684. The largest absolute Gasteiger partial charge is 0.375 e. The van der Waals surface area contributed by atoms with Crippen LogP contribution in [0.4, 0.5) is 5.82 Å². The molecular weight excluding hydrogens is 314 g/mol. The standard InChI is InChI=1S/C19H31N5O/c1-3-20-19(23-17-6-4-5-7-17)22-13-16-8-9-21-18(12-16)24-10-11-25-15(2)14-24/h8-9,12,15,17H,3-7,10-11,13-14H2,1-2H3,(H2,20,22,23). The van der Waals surface area contributed by atoms with E-state index in [2.05, 4.69) is 46.5 Å². The summed E-state index contributed by atoms with van der Waals surface area (Å²) in [4.78, 5) is 11.6. The Kier molecular flexibility index (Phi) is 6.50. The first kappa shape index (κ1) is 18.0. The first-order valence-electron chi connectivity index (χ1n) is 9.61. The lowest BCUT2D eigenvalue weighted by Crippen LogP contribution is -2.42. The predicted octanol–water partition coefficient (Wildman–Crippen LogP) is 2.30. The first-order chi connectivity index (χ1) is 12.2. The maximum atomic E-state index is 5.62. The smallest absolute Gasteiger partial charge is 0.191 e. The van der Waals surface area contributed by atoms with Crippen LogP contribution in [0.25, 0.3) is 0 Å². The van der Waals surface area contributed by atoms with Gasteiger partial charge in [0.25, 0.3) is 0 Å². The number of aromatic nitrogens is 1. The Bertz CT molecular complexity index is 571. The van der Waals surface area contributed by atoms with Gasteiger partial charge in [0, 0.05) is 31.9 Å². The number of hydrogen-bond acceptors (Lipinski definition) is 4. The summed E-state index contributed by atoms with van der Waals surface area (Å²) in [6.07, 6.45) is 7.29. The number of morpholine rings is 1. The molecule has 2 heterocycles. The lowest BCUT2D eigenvalue weighted by atomic mass is 10.2. The van der Waals surface area contributed by atoms with Crippen molar-refractivity contribution in [3.05, 3.63) is 23.9 Å². The third-order valence-electron chi connectivity index (χ3n) is 4.83. The van der Waals surface area contributed by atoms with Gasteiger partial charge in [-0.3, -0.25) is 0 Å². The summed E-state index contributed by atoms with van der Waals surface area (Å²) in [5.41, 5.74) is 1.19. The maximum Gasteiger partial charge on any atom is 0.191 e. The van der Waals surface area contributed by atoms with E-state index in [0.29, 0.717) is 12.6 Å². The molecule has 2 fully saturated rings. The molecule has 0 bridgehead atoms. The predicted molar refractivity (Wildman–Crippen MR) is 102 cm³/mol. The number of pyridine rings is 1. The third kappa shape index (κ3) is 5.33. The molecule has 0 amide bonds. The summed E-state index contributed by atoms with van der Waals surface area (Å²) < 4.78 is 5.62. The van der Waals surface area contributed by atoms with Crippen LogP contribution < -0.4 is 15.5 Å². The molecule has 25 heavy (non-hydrogen) atoms. The number of nitrogens with one attached hydrogen (secondary N) is 2. The second-order valence-corrected chi connectivity index (χ2v) is 6.97. The quantitative estimate of drug-likeness (QED) is 0.633. The van der Waals surface area contributed by atoms with E-state index in [1.807, 2.05) is 6.20 Å². The van der Waals surface area contributed by atoms with E-state index in [4.69, 9.17) is 9.73 Å². The molecule has 1 saturated carbocycles. The number of hydrogen-bond donors (Lipinski definition) is 2. The highest BCUT2D eigenvalue weighted by Gasteiger charge is 2.18. The maximum absolute atomic E-state index is 5.62. The summed E-state index contributed by atoms with van der Waals surface area (Å²) in [6, 6.07) is 4.78. The molecule has 3 rings (SSSR count). The van der Waals surface area contributed by atoms with Crippen molar-refractivity contribution in [2.45, 2.75) is 58.2 Å². The van der Waals surface area contributed by atoms with Crippen LogP contribution in [-0.4, -0.2) is 49.3 Å². The van der Waals surface area contributed by atoms with Crippen LogP contribution in [0.15, 0.2) is 23.3 Å². The highest BCUT2D eigenvalue weighted by atomic mass is 16.5. The van der Waals surface area contributed by atoms with E-state index in [1.54, 1.807) is 0 Å². The van der Waals surface area contributed by atoms with Crippen LogP contribution in [0.1, 0.15) is 45.1 Å². The molecule has 0 radical (unpaired) electrons. The van der Waals surface area contributed by atoms with E-state index >= 15 is 0 Å². The summed E-state index contributed by atoms with van der Waals surface area (Å²) in [6.45, 7) is 8.32. The van der Waals surface area contributed by atoms with E-state index in [9.17, 15) is 0 Å². The minimum atomic E-state index is 0.258. The van der Waals surface area contributed by atoms with Gasteiger partial charge in [0.15, 0.2) is 5.96 Å². The monoisotopic (exact) mass is 345 g/mol. The minimum Gasteiger partial charge on any atom is -0.375 e. The van der Waals surface area contributed by atoms with Crippen molar-refractivity contribution >= 4 is 11.8 Å². The molecule has 1 atom stereocenters. The van der Waals surface area contributed by atoms with E-state index in [-0.39, 0.29) is 6.10 Å². The summed E-state index contributed by atoms with van der Waals surface area (Å²) in [7, 11) is 0. The van der Waals surface area contributed by atoms with E-state index in [0.717, 1.165) is 38.0 Å². The average molecular weight is 345 g/mol. The van der Waals surface area contributed by atoms with Crippen LogP contribution in [0.3, 0.4) is 0 Å². The van der Waals surface area contributed by atoms with Crippen LogP contribution in [0, 0.1) is 0 Å². The van der Waals surface area contributed by atoms with Crippen molar-refractivity contribution in [2.24, 2.45) is 4.99 Å². The van der Waals surface area contributed by atoms with Crippen molar-refractivity contribution in [3.63, 3.8) is 0 Å². The Hall–Kier alpha value is -1.82. The average Bonchev–Trinajstić information content (AvgIpc) is 3.13. The zero-order chi connectivity index (χ0) is 17.5. The normalized spacial score (nSPS) is 22.2. The molecule has 1 unspecified atom stereocenters. The van der Waals surface area contributed by atoms with Gasteiger partial charge in [-0.1, -0.05) is 12.8 Å². The second kappa shape index (κ2) is 9.04. The van der Waals surface area contributed by atoms with Crippen LogP contribution in [0.2, 0.25) is 0 Å². The van der Waals surface area contributed by atoms with Crippen LogP contribution >= 0.6 is 0 Å². The van der Waals surface area contributed by atoms with Gasteiger partial charge in [-0.15, -0.1) is 0 Å². The minimum absolute atomic E-state index is 0.258. The van der Waals surface area contributed by atoms with Gasteiger partial charge >= 0.3 is 0 Å². The Morgan fingerprint density at radius 2 is 2.24 bits per heavy atom. The Balaban J connectivity index is 1.63.